The molecule has 3 atom stereocenters. The molecule has 0 aromatic rings. The fourth-order valence-corrected chi connectivity index (χ4v) is 10.4. The van der Waals surface area contributed by atoms with Crippen molar-refractivity contribution < 1.29 is 37.3 Å². The number of likely N-dealkylation sites (N-methyl/N-ethyl adjacent to an activating group) is 1. The number of phosphoric acid groups is 1. The van der Waals surface area contributed by atoms with Crippen molar-refractivity contribution in [1.82, 2.24) is 5.32 Å². The molecule has 466 valence electrons. The predicted octanol–water partition coefficient (Wildman–Crippen LogP) is 21.2. The largest absolute Gasteiger partial charge is 0.472 e. The monoisotopic (exact) mass is 1140 g/mol. The lowest BCUT2D eigenvalue weighted by molar-refractivity contribution is -0.870. The molecule has 0 aliphatic heterocycles. The van der Waals surface area contributed by atoms with Gasteiger partial charge < -0.3 is 19.4 Å². The Morgan fingerprint density at radius 3 is 1.23 bits per heavy atom. The number of carbonyl (C=O) groups is 2. The van der Waals surface area contributed by atoms with Gasteiger partial charge in [0, 0.05) is 12.8 Å². The molecule has 2 N–H and O–H groups in total. The van der Waals surface area contributed by atoms with Crippen LogP contribution in [0.15, 0.2) is 72.9 Å². The van der Waals surface area contributed by atoms with E-state index in [1.165, 1.54) is 180 Å². The molecule has 3 unspecified atom stereocenters. The minimum atomic E-state index is -4.46. The van der Waals surface area contributed by atoms with Crippen LogP contribution in [0.1, 0.15) is 310 Å². The molecule has 0 spiro atoms. The Morgan fingerprint density at radius 1 is 0.450 bits per heavy atom. The third-order valence-corrected chi connectivity index (χ3v) is 15.9. The first-order chi connectivity index (χ1) is 38.9. The van der Waals surface area contributed by atoms with Crippen LogP contribution in [-0.2, 0) is 27.9 Å². The number of esters is 1. The predicted molar refractivity (Wildman–Crippen MR) is 346 cm³/mol. The summed E-state index contributed by atoms with van der Waals surface area (Å²) >= 11 is 0. The van der Waals surface area contributed by atoms with Gasteiger partial charge in [-0.15, -0.1) is 0 Å². The number of unbranched alkanes of at least 4 members (excludes halogenated alkanes) is 35. The highest BCUT2D eigenvalue weighted by molar-refractivity contribution is 7.47. The Labute approximate surface area is 495 Å². The van der Waals surface area contributed by atoms with Crippen molar-refractivity contribution in [3.63, 3.8) is 0 Å². The van der Waals surface area contributed by atoms with Crippen LogP contribution >= 0.6 is 7.82 Å². The number of phosphoric ester groups is 1. The van der Waals surface area contributed by atoms with Crippen LogP contribution in [0.2, 0.25) is 0 Å². The van der Waals surface area contributed by atoms with Crippen LogP contribution in [0.3, 0.4) is 0 Å². The average molecular weight is 1140 g/mol. The molecule has 0 saturated heterocycles. The topological polar surface area (TPSA) is 111 Å². The molecule has 0 fully saturated rings. The number of amides is 1. The maximum absolute atomic E-state index is 13.6. The second kappa shape index (κ2) is 59.6. The number of allylic oxidation sites excluding steroid dienone is 11. The van der Waals surface area contributed by atoms with E-state index in [4.69, 9.17) is 13.8 Å². The van der Waals surface area contributed by atoms with Crippen molar-refractivity contribution in [3.8, 4) is 0 Å². The number of hydrogen-bond acceptors (Lipinski definition) is 6. The summed E-state index contributed by atoms with van der Waals surface area (Å²) in [4.78, 5) is 37.8. The molecule has 10 heteroatoms. The summed E-state index contributed by atoms with van der Waals surface area (Å²) in [7, 11) is 1.49. The Hall–Kier alpha value is -2.55. The van der Waals surface area contributed by atoms with Crippen LogP contribution in [-0.4, -0.2) is 74.3 Å². The maximum Gasteiger partial charge on any atom is 0.472 e. The lowest BCUT2D eigenvalue weighted by Gasteiger charge is -2.27. The number of rotatable bonds is 61. The van der Waals surface area contributed by atoms with Gasteiger partial charge in [0.25, 0.3) is 0 Å². The van der Waals surface area contributed by atoms with Crippen molar-refractivity contribution in [2.75, 3.05) is 40.9 Å². The van der Waals surface area contributed by atoms with Crippen LogP contribution in [0, 0.1) is 0 Å². The molecule has 0 saturated carbocycles. The first-order valence-electron chi connectivity index (χ1n) is 33.8. The van der Waals surface area contributed by atoms with Crippen molar-refractivity contribution in [2.24, 2.45) is 0 Å². The molecule has 0 rings (SSSR count). The summed E-state index contributed by atoms with van der Waals surface area (Å²) < 4.78 is 30.8. The Morgan fingerprint density at radius 2 is 0.800 bits per heavy atom. The molecule has 9 nitrogen and oxygen atoms in total. The number of nitrogens with zero attached hydrogens (tertiary/aromatic N) is 1. The van der Waals surface area contributed by atoms with Gasteiger partial charge in [0.15, 0.2) is 0 Å². The van der Waals surface area contributed by atoms with E-state index in [-0.39, 0.29) is 31.5 Å². The summed E-state index contributed by atoms with van der Waals surface area (Å²) in [5.41, 5.74) is 0. The van der Waals surface area contributed by atoms with Crippen LogP contribution in [0.4, 0.5) is 0 Å². The number of nitrogens with one attached hydrogen (secondary N) is 1. The molecule has 0 aliphatic rings. The second-order valence-electron chi connectivity index (χ2n) is 24.0. The molecule has 0 aliphatic carbocycles. The van der Waals surface area contributed by atoms with Gasteiger partial charge in [-0.1, -0.05) is 274 Å². The van der Waals surface area contributed by atoms with Crippen LogP contribution in [0.25, 0.3) is 0 Å². The van der Waals surface area contributed by atoms with Gasteiger partial charge in [-0.2, -0.15) is 0 Å². The molecule has 0 heterocycles. The van der Waals surface area contributed by atoms with Gasteiger partial charge in [0.1, 0.15) is 19.3 Å². The standard InChI is InChI=1S/C70H129N2O7P/c1-7-10-13-16-19-22-25-28-30-32-33-34-35-36-37-38-39-40-42-45-48-51-54-57-60-63-70(74)79-68(61-58-55-52-49-46-43-27-24-21-18-15-12-9-3)67(66-78-80(75,76)77-65-64-72(4,5)6)71-69(73)62-59-56-53-50-47-44-41-31-29-26-23-20-17-14-11-8-2/h11,14,19-20,22-23,28-31,58,61,67-68H,7-10,12-13,15-18,21,24-27,32-57,59-60,62-66H2,1-6H3,(H-,71,73,75,76)/p+1/b14-11+,22-19-,23-20+,30-28-,31-29+,61-58-. The highest BCUT2D eigenvalue weighted by atomic mass is 31.2. The minimum Gasteiger partial charge on any atom is -0.456 e. The van der Waals surface area contributed by atoms with E-state index in [9.17, 15) is 19.0 Å². The molecule has 80 heavy (non-hydrogen) atoms. The van der Waals surface area contributed by atoms with E-state index in [2.05, 4.69) is 86.8 Å². The first-order valence-corrected chi connectivity index (χ1v) is 35.3. The number of carbonyl (C=O) groups excluding carboxylic acids is 2. The normalized spacial score (nSPS) is 14.0. The fourth-order valence-electron chi connectivity index (χ4n) is 9.69. The van der Waals surface area contributed by atoms with E-state index in [0.29, 0.717) is 17.4 Å². The maximum atomic E-state index is 13.6. The average Bonchev–Trinajstić information content (AvgIpc) is 3.42. The van der Waals surface area contributed by atoms with Gasteiger partial charge in [0.2, 0.25) is 5.91 Å². The van der Waals surface area contributed by atoms with Gasteiger partial charge in [0.05, 0.1) is 33.8 Å². The zero-order chi connectivity index (χ0) is 58.6. The van der Waals surface area contributed by atoms with Gasteiger partial charge >= 0.3 is 13.8 Å². The smallest absolute Gasteiger partial charge is 0.456 e. The minimum absolute atomic E-state index is 0.0362. The Bertz CT molecular complexity index is 1600. The van der Waals surface area contributed by atoms with E-state index < -0.39 is 20.0 Å². The van der Waals surface area contributed by atoms with E-state index in [0.717, 1.165) is 96.3 Å². The Kier molecular flexibility index (Phi) is 57.7. The summed E-state index contributed by atoms with van der Waals surface area (Å²) in [6, 6.07) is -0.857. The number of hydrogen-bond donors (Lipinski definition) is 2. The molecular formula is C70H130N2O7P+. The molecule has 0 bridgehead atoms. The zero-order valence-electron chi connectivity index (χ0n) is 53.3. The van der Waals surface area contributed by atoms with Gasteiger partial charge in [-0.25, -0.2) is 4.57 Å². The lowest BCUT2D eigenvalue weighted by atomic mass is 10.0. The summed E-state index contributed by atoms with van der Waals surface area (Å²) in [5.74, 6) is -0.512. The number of ether oxygens (including phenoxy) is 1. The van der Waals surface area contributed by atoms with Crippen LogP contribution < -0.4 is 5.32 Å². The van der Waals surface area contributed by atoms with Crippen molar-refractivity contribution in [1.29, 1.82) is 0 Å². The summed E-state index contributed by atoms with van der Waals surface area (Å²) in [6.07, 6.45) is 77.6. The van der Waals surface area contributed by atoms with Crippen molar-refractivity contribution in [2.45, 2.75) is 322 Å². The highest BCUT2D eigenvalue weighted by Gasteiger charge is 2.30. The van der Waals surface area contributed by atoms with Crippen molar-refractivity contribution >= 4 is 19.7 Å². The van der Waals surface area contributed by atoms with Crippen LogP contribution in [0.5, 0.6) is 0 Å². The van der Waals surface area contributed by atoms with E-state index in [1.807, 2.05) is 33.3 Å². The highest BCUT2D eigenvalue weighted by Crippen LogP contribution is 2.43. The summed E-state index contributed by atoms with van der Waals surface area (Å²) in [5, 5.41) is 3.06. The molecular weight excluding hydrogens is 1010 g/mol. The van der Waals surface area contributed by atoms with Crippen molar-refractivity contribution in [3.05, 3.63) is 72.9 Å². The SMILES string of the molecule is CC/C=C/C/C=C/C/C=C/CCCCCCCCC(=O)NC(COP(=O)(O)OCC[N+](C)(C)C)C(/C=C\CCCCCCCCCCCCC)OC(=O)CCCCCCCCCCCCCCCCC/C=C\C/C=C\CCCCC. The molecule has 0 radical (unpaired) electrons. The van der Waals surface area contributed by atoms with E-state index in [1.54, 1.807) is 0 Å². The molecule has 1 amide bonds. The zero-order valence-corrected chi connectivity index (χ0v) is 54.2. The summed E-state index contributed by atoms with van der Waals surface area (Å²) in [6.45, 7) is 6.89. The van der Waals surface area contributed by atoms with Gasteiger partial charge in [-0.05, 0) is 96.0 Å². The lowest BCUT2D eigenvalue weighted by Crippen LogP contribution is -2.47. The second-order valence-corrected chi connectivity index (χ2v) is 25.4. The molecule has 0 aromatic carbocycles. The Balaban J connectivity index is 5.12. The van der Waals surface area contributed by atoms with Gasteiger partial charge in [-0.3, -0.25) is 18.6 Å². The quantitative estimate of drug-likeness (QED) is 0.0205. The fraction of sp³-hybridized carbons (Fsp3) is 0.800. The third kappa shape index (κ3) is 60.1. The number of quaternary nitrogens is 1. The first kappa shape index (κ1) is 77.5. The van der Waals surface area contributed by atoms with E-state index >= 15 is 0 Å². The third-order valence-electron chi connectivity index (χ3n) is 14.9. The molecule has 0 aromatic heterocycles.